The molecule has 37 heavy (non-hydrogen) atoms. The molecule has 14 heteroatoms. The SMILES string of the molecule is [B]c1ccc(C(=O)N[C@@H](c2ccc(F)cc2F)C(F)(F)F)c(NS(=O)(=O)c2cccc3nccnc23)c1. The first-order chi connectivity index (χ1) is 17.4. The molecule has 0 saturated heterocycles. The Morgan fingerprint density at radius 1 is 0.973 bits per heavy atom. The maximum atomic E-state index is 14.1. The molecule has 7 nitrogen and oxygen atoms in total. The number of rotatable bonds is 6. The molecule has 0 fully saturated rings. The Bertz CT molecular complexity index is 1610. The van der Waals surface area contributed by atoms with E-state index in [0.29, 0.717) is 12.1 Å². The van der Waals surface area contributed by atoms with Crippen LogP contribution in [0.3, 0.4) is 0 Å². The fourth-order valence-electron chi connectivity index (χ4n) is 3.51. The lowest BCUT2D eigenvalue weighted by molar-refractivity contribution is -0.155. The van der Waals surface area contributed by atoms with Gasteiger partial charge in [0.2, 0.25) is 0 Å². The molecular weight excluding hydrogens is 518 g/mol. The van der Waals surface area contributed by atoms with E-state index in [1.807, 2.05) is 0 Å². The molecule has 1 atom stereocenters. The zero-order valence-corrected chi connectivity index (χ0v) is 19.2. The summed E-state index contributed by atoms with van der Waals surface area (Å²) in [4.78, 5) is 20.6. The number of anilines is 1. The number of fused-ring (bicyclic) bond motifs is 1. The molecule has 1 amide bonds. The lowest BCUT2D eigenvalue weighted by Crippen LogP contribution is -2.39. The van der Waals surface area contributed by atoms with Gasteiger partial charge in [-0.05, 0) is 30.3 Å². The summed E-state index contributed by atoms with van der Waals surface area (Å²) in [5.74, 6) is -4.04. The van der Waals surface area contributed by atoms with Gasteiger partial charge in [0.1, 0.15) is 29.9 Å². The average molecular weight is 532 g/mol. The van der Waals surface area contributed by atoms with Crippen LogP contribution in [-0.4, -0.2) is 38.3 Å². The molecule has 0 aliphatic rings. The third kappa shape index (κ3) is 5.53. The van der Waals surface area contributed by atoms with Crippen molar-refractivity contribution in [3.8, 4) is 0 Å². The zero-order chi connectivity index (χ0) is 27.0. The second-order valence-electron chi connectivity index (χ2n) is 7.70. The van der Waals surface area contributed by atoms with Gasteiger partial charge in [-0.15, -0.1) is 0 Å². The number of amides is 1. The van der Waals surface area contributed by atoms with Gasteiger partial charge < -0.3 is 5.32 Å². The minimum atomic E-state index is -5.18. The maximum absolute atomic E-state index is 14.1. The number of para-hydroxylation sites is 1. The Morgan fingerprint density at radius 3 is 2.41 bits per heavy atom. The van der Waals surface area contributed by atoms with Crippen LogP contribution in [0.1, 0.15) is 22.0 Å². The van der Waals surface area contributed by atoms with Crippen molar-refractivity contribution in [2.24, 2.45) is 0 Å². The number of sulfonamides is 1. The van der Waals surface area contributed by atoms with Crippen molar-refractivity contribution in [1.82, 2.24) is 15.3 Å². The normalized spacial score (nSPS) is 12.8. The molecular formula is C23H14BF5N4O3S. The minimum absolute atomic E-state index is 0.0103. The summed E-state index contributed by atoms with van der Waals surface area (Å²) in [6, 6.07) is 5.89. The highest BCUT2D eigenvalue weighted by Gasteiger charge is 2.43. The molecule has 0 spiro atoms. The summed E-state index contributed by atoms with van der Waals surface area (Å²) in [6.45, 7) is 0. The molecule has 0 bridgehead atoms. The number of halogens is 5. The lowest BCUT2D eigenvalue weighted by atomic mass is 9.94. The van der Waals surface area contributed by atoms with E-state index in [2.05, 4.69) is 14.7 Å². The van der Waals surface area contributed by atoms with Crippen molar-refractivity contribution in [2.75, 3.05) is 4.72 Å². The second kappa shape index (κ2) is 9.77. The van der Waals surface area contributed by atoms with Crippen LogP contribution in [0.15, 0.2) is 71.9 Å². The zero-order valence-electron chi connectivity index (χ0n) is 18.4. The number of hydrogen-bond acceptors (Lipinski definition) is 5. The van der Waals surface area contributed by atoms with Gasteiger partial charge in [0.05, 0.1) is 16.8 Å². The Hall–Kier alpha value is -4.07. The van der Waals surface area contributed by atoms with Gasteiger partial charge in [-0.25, -0.2) is 17.2 Å². The summed E-state index contributed by atoms with van der Waals surface area (Å²) < 4.78 is 97.1. The van der Waals surface area contributed by atoms with Crippen LogP contribution in [0.4, 0.5) is 27.6 Å². The lowest BCUT2D eigenvalue weighted by Gasteiger charge is -2.23. The summed E-state index contributed by atoms with van der Waals surface area (Å²) in [5, 5.41) is 1.64. The van der Waals surface area contributed by atoms with E-state index in [0.717, 1.165) is 18.2 Å². The molecule has 188 valence electrons. The molecule has 4 rings (SSSR count). The second-order valence-corrected chi connectivity index (χ2v) is 9.36. The monoisotopic (exact) mass is 532 g/mol. The summed E-state index contributed by atoms with van der Waals surface area (Å²) in [7, 11) is 1.27. The third-order valence-electron chi connectivity index (χ3n) is 5.16. The number of aromatic nitrogens is 2. The van der Waals surface area contributed by atoms with E-state index >= 15 is 0 Å². The Labute approximate surface area is 208 Å². The standard InChI is InChI=1S/C23H14BF5N4O3S/c24-12-4-6-15(22(34)32-21(23(27,28)29)14-7-5-13(25)11-16(14)26)18(10-12)33-37(35,36)19-3-1-2-17-20(19)31-9-8-30-17/h1-11,21,33H,(H,32,34)/t21-/m0/s1. The van der Waals surface area contributed by atoms with Crippen LogP contribution in [0.2, 0.25) is 0 Å². The Kier molecular flexibility index (Phi) is 6.87. The van der Waals surface area contributed by atoms with Crippen LogP contribution in [-0.2, 0) is 10.0 Å². The number of carbonyl (C=O) groups excluding carboxylic acids is 1. The molecule has 0 aliphatic heterocycles. The van der Waals surface area contributed by atoms with Gasteiger partial charge in [0.15, 0.2) is 6.04 Å². The van der Waals surface area contributed by atoms with E-state index in [4.69, 9.17) is 7.85 Å². The number of nitrogens with zero attached hydrogens (tertiary/aromatic N) is 2. The van der Waals surface area contributed by atoms with Crippen molar-refractivity contribution < 1.29 is 35.2 Å². The molecule has 2 N–H and O–H groups in total. The predicted octanol–water partition coefficient (Wildman–Crippen LogP) is 3.54. The van der Waals surface area contributed by atoms with E-state index in [1.54, 1.807) is 5.32 Å². The highest BCUT2D eigenvalue weighted by atomic mass is 32.2. The maximum Gasteiger partial charge on any atom is 0.412 e. The van der Waals surface area contributed by atoms with Gasteiger partial charge in [-0.2, -0.15) is 13.2 Å². The summed E-state index contributed by atoms with van der Waals surface area (Å²) in [6.07, 6.45) is -2.55. The largest absolute Gasteiger partial charge is 0.412 e. The van der Waals surface area contributed by atoms with E-state index in [1.165, 1.54) is 30.6 Å². The predicted molar refractivity (Wildman–Crippen MR) is 125 cm³/mol. The molecule has 4 aromatic rings. The van der Waals surface area contributed by atoms with Crippen LogP contribution < -0.4 is 15.5 Å². The van der Waals surface area contributed by atoms with E-state index in [9.17, 15) is 35.2 Å². The quantitative estimate of drug-likeness (QED) is 0.293. The summed E-state index contributed by atoms with van der Waals surface area (Å²) >= 11 is 0. The number of hydrogen-bond donors (Lipinski definition) is 2. The molecule has 0 unspecified atom stereocenters. The fourth-order valence-corrected chi connectivity index (χ4v) is 4.75. The van der Waals surface area contributed by atoms with Gasteiger partial charge in [0, 0.05) is 24.0 Å². The molecule has 1 aromatic heterocycles. The highest BCUT2D eigenvalue weighted by Crippen LogP contribution is 2.35. The van der Waals surface area contributed by atoms with Crippen LogP contribution in [0, 0.1) is 11.6 Å². The summed E-state index contributed by atoms with van der Waals surface area (Å²) in [5.41, 5.74) is -1.76. The number of benzene rings is 3. The molecule has 2 radical (unpaired) electrons. The Morgan fingerprint density at radius 2 is 1.70 bits per heavy atom. The first-order valence-corrected chi connectivity index (χ1v) is 11.8. The van der Waals surface area contributed by atoms with Crippen LogP contribution in [0.5, 0.6) is 0 Å². The average Bonchev–Trinajstić information content (AvgIpc) is 2.81. The molecule has 0 aliphatic carbocycles. The van der Waals surface area contributed by atoms with Gasteiger partial charge in [-0.3, -0.25) is 19.5 Å². The van der Waals surface area contributed by atoms with Gasteiger partial charge >= 0.3 is 6.18 Å². The van der Waals surface area contributed by atoms with Crippen molar-refractivity contribution >= 4 is 46.0 Å². The van der Waals surface area contributed by atoms with Crippen molar-refractivity contribution in [1.29, 1.82) is 0 Å². The molecule has 0 saturated carbocycles. The number of alkyl halides is 3. The van der Waals surface area contributed by atoms with Crippen molar-refractivity contribution in [2.45, 2.75) is 17.1 Å². The van der Waals surface area contributed by atoms with Crippen molar-refractivity contribution in [3.63, 3.8) is 0 Å². The number of nitrogens with one attached hydrogen (secondary N) is 2. The van der Waals surface area contributed by atoms with E-state index in [-0.39, 0.29) is 27.5 Å². The molecule has 1 heterocycles. The Balaban J connectivity index is 1.72. The topological polar surface area (TPSA) is 101 Å². The van der Waals surface area contributed by atoms with E-state index < -0.39 is 56.6 Å². The third-order valence-corrected chi connectivity index (χ3v) is 6.56. The minimum Gasteiger partial charge on any atom is -0.337 e. The van der Waals surface area contributed by atoms with Crippen LogP contribution in [0.25, 0.3) is 11.0 Å². The van der Waals surface area contributed by atoms with Crippen molar-refractivity contribution in [3.05, 3.63) is 89.8 Å². The molecule has 3 aromatic carbocycles. The smallest absolute Gasteiger partial charge is 0.337 e. The van der Waals surface area contributed by atoms with Gasteiger partial charge in [0.25, 0.3) is 15.9 Å². The highest BCUT2D eigenvalue weighted by molar-refractivity contribution is 7.93. The fraction of sp³-hybridized carbons (Fsp3) is 0.0870. The first-order valence-electron chi connectivity index (χ1n) is 10.3. The number of carbonyl (C=O) groups is 1. The first kappa shape index (κ1) is 26.0. The van der Waals surface area contributed by atoms with Crippen LogP contribution >= 0.6 is 0 Å². The van der Waals surface area contributed by atoms with Gasteiger partial charge in [-0.1, -0.05) is 23.7 Å².